The Morgan fingerprint density at radius 3 is 2.87 bits per heavy atom. The van der Waals surface area contributed by atoms with Crippen molar-refractivity contribution in [3.63, 3.8) is 0 Å². The Bertz CT molecular complexity index is 627. The molecule has 1 aliphatic rings. The molecule has 1 atom stereocenters. The minimum atomic E-state index is -0.169. The van der Waals surface area contributed by atoms with E-state index in [1.807, 2.05) is 12.3 Å². The van der Waals surface area contributed by atoms with E-state index in [-0.39, 0.29) is 11.8 Å². The summed E-state index contributed by atoms with van der Waals surface area (Å²) >= 11 is 1.51. The molecule has 0 radical (unpaired) electrons. The fourth-order valence-corrected chi connectivity index (χ4v) is 3.46. The minimum Gasteiger partial charge on any atom is -0.380 e. The van der Waals surface area contributed by atoms with E-state index in [0.29, 0.717) is 0 Å². The standard InChI is InChI=1S/C17H22N4OS/c18-17(22)14-2-1-9-21(12-14)11-13-3-5-15(6-4-13)19-10-16-7-8-20-23-16/h3-8,14,19H,1-2,9-12H2,(H2,18,22)/t14-/m0/s1. The van der Waals surface area contributed by atoms with Crippen LogP contribution in [0.5, 0.6) is 0 Å². The lowest BCUT2D eigenvalue weighted by Crippen LogP contribution is -2.40. The van der Waals surface area contributed by atoms with Gasteiger partial charge in [0, 0.05) is 29.9 Å². The van der Waals surface area contributed by atoms with E-state index < -0.39 is 0 Å². The van der Waals surface area contributed by atoms with Crippen LogP contribution in [0.25, 0.3) is 0 Å². The first kappa shape index (κ1) is 16.0. The molecule has 0 aliphatic carbocycles. The number of piperidine rings is 1. The van der Waals surface area contributed by atoms with Crippen molar-refractivity contribution in [1.29, 1.82) is 0 Å². The van der Waals surface area contributed by atoms with Gasteiger partial charge in [0.1, 0.15) is 0 Å². The first-order chi connectivity index (χ1) is 11.2. The van der Waals surface area contributed by atoms with Gasteiger partial charge in [-0.25, -0.2) is 4.37 Å². The molecule has 1 fully saturated rings. The molecule has 0 saturated carbocycles. The van der Waals surface area contributed by atoms with E-state index in [1.165, 1.54) is 22.0 Å². The maximum absolute atomic E-state index is 11.4. The monoisotopic (exact) mass is 330 g/mol. The molecular weight excluding hydrogens is 308 g/mol. The molecule has 0 unspecified atom stereocenters. The van der Waals surface area contributed by atoms with Gasteiger partial charge in [0.15, 0.2) is 0 Å². The minimum absolute atomic E-state index is 0.00379. The number of primary amides is 1. The predicted octanol–water partition coefficient (Wildman–Crippen LogP) is 2.45. The van der Waals surface area contributed by atoms with Crippen molar-refractivity contribution in [3.8, 4) is 0 Å². The molecule has 0 spiro atoms. The molecule has 1 aliphatic heterocycles. The van der Waals surface area contributed by atoms with Crippen LogP contribution in [0.4, 0.5) is 5.69 Å². The average molecular weight is 330 g/mol. The molecule has 1 amide bonds. The molecule has 6 heteroatoms. The Labute approximate surface area is 140 Å². The van der Waals surface area contributed by atoms with Gasteiger partial charge in [-0.2, -0.15) is 0 Å². The zero-order chi connectivity index (χ0) is 16.1. The molecule has 2 aromatic rings. The topological polar surface area (TPSA) is 71.2 Å². The van der Waals surface area contributed by atoms with E-state index in [0.717, 1.165) is 44.7 Å². The van der Waals surface area contributed by atoms with Gasteiger partial charge < -0.3 is 11.1 Å². The summed E-state index contributed by atoms with van der Waals surface area (Å²) in [5.74, 6) is -0.165. The van der Waals surface area contributed by atoms with E-state index >= 15 is 0 Å². The maximum atomic E-state index is 11.4. The summed E-state index contributed by atoms with van der Waals surface area (Å²) in [4.78, 5) is 14.9. The number of amides is 1. The molecule has 2 heterocycles. The number of carbonyl (C=O) groups is 1. The lowest BCUT2D eigenvalue weighted by molar-refractivity contribution is -0.123. The van der Waals surface area contributed by atoms with Gasteiger partial charge in [-0.3, -0.25) is 9.69 Å². The first-order valence-corrected chi connectivity index (χ1v) is 8.72. The van der Waals surface area contributed by atoms with Gasteiger partial charge in [0.05, 0.1) is 12.5 Å². The van der Waals surface area contributed by atoms with E-state index in [9.17, 15) is 4.79 Å². The fraction of sp³-hybridized carbons (Fsp3) is 0.412. The number of nitrogens with two attached hydrogens (primary N) is 1. The summed E-state index contributed by atoms with van der Waals surface area (Å²) in [6.07, 6.45) is 3.79. The number of hydrogen-bond acceptors (Lipinski definition) is 5. The molecule has 23 heavy (non-hydrogen) atoms. The number of rotatable bonds is 6. The molecule has 1 saturated heterocycles. The van der Waals surface area contributed by atoms with Crippen molar-refractivity contribution in [2.24, 2.45) is 11.7 Å². The summed E-state index contributed by atoms with van der Waals surface area (Å²) in [7, 11) is 0. The Hall–Kier alpha value is -1.92. The summed E-state index contributed by atoms with van der Waals surface area (Å²) in [5.41, 5.74) is 7.81. The number of carbonyl (C=O) groups excluding carboxylic acids is 1. The molecule has 3 rings (SSSR count). The number of nitrogens with zero attached hydrogens (tertiary/aromatic N) is 2. The van der Waals surface area contributed by atoms with Crippen LogP contribution in [-0.2, 0) is 17.9 Å². The van der Waals surface area contributed by atoms with Gasteiger partial charge in [-0.15, -0.1) is 0 Å². The Kier molecular flexibility index (Phi) is 5.25. The molecule has 1 aromatic carbocycles. The highest BCUT2D eigenvalue weighted by molar-refractivity contribution is 7.05. The van der Waals surface area contributed by atoms with Gasteiger partial charge in [0.25, 0.3) is 0 Å². The number of hydrogen-bond donors (Lipinski definition) is 2. The van der Waals surface area contributed by atoms with Crippen LogP contribution in [0, 0.1) is 5.92 Å². The third-order valence-corrected chi connectivity index (χ3v) is 4.97. The normalized spacial score (nSPS) is 18.7. The molecule has 5 nitrogen and oxygen atoms in total. The first-order valence-electron chi connectivity index (χ1n) is 7.95. The number of aromatic nitrogens is 1. The van der Waals surface area contributed by atoms with Crippen molar-refractivity contribution in [2.45, 2.75) is 25.9 Å². The SMILES string of the molecule is NC(=O)[C@H]1CCCN(Cc2ccc(NCc3ccns3)cc2)C1. The molecule has 0 bridgehead atoms. The largest absolute Gasteiger partial charge is 0.380 e. The Morgan fingerprint density at radius 1 is 1.35 bits per heavy atom. The van der Waals surface area contributed by atoms with E-state index in [2.05, 4.69) is 38.9 Å². The highest BCUT2D eigenvalue weighted by Gasteiger charge is 2.23. The average Bonchev–Trinajstić information content (AvgIpc) is 3.08. The van der Waals surface area contributed by atoms with Crippen molar-refractivity contribution in [2.75, 3.05) is 18.4 Å². The Balaban J connectivity index is 1.52. The molecular formula is C17H22N4OS. The van der Waals surface area contributed by atoms with Crippen LogP contribution >= 0.6 is 11.5 Å². The number of benzene rings is 1. The summed E-state index contributed by atoms with van der Waals surface area (Å²) in [5, 5.41) is 3.40. The van der Waals surface area contributed by atoms with Crippen molar-refractivity contribution < 1.29 is 4.79 Å². The van der Waals surface area contributed by atoms with Gasteiger partial charge >= 0.3 is 0 Å². The predicted molar refractivity (Wildman–Crippen MR) is 93.1 cm³/mol. The van der Waals surface area contributed by atoms with E-state index in [4.69, 9.17) is 5.73 Å². The van der Waals surface area contributed by atoms with Crippen LogP contribution in [0.15, 0.2) is 36.5 Å². The van der Waals surface area contributed by atoms with Crippen LogP contribution in [0.2, 0.25) is 0 Å². The second kappa shape index (κ2) is 7.57. The number of nitrogens with one attached hydrogen (secondary N) is 1. The van der Waals surface area contributed by atoms with E-state index in [1.54, 1.807) is 0 Å². The van der Waals surface area contributed by atoms with Crippen molar-refractivity contribution in [1.82, 2.24) is 9.27 Å². The van der Waals surface area contributed by atoms with Crippen LogP contribution in [-0.4, -0.2) is 28.3 Å². The van der Waals surface area contributed by atoms with Gasteiger partial charge in [-0.05, 0) is 54.7 Å². The lowest BCUT2D eigenvalue weighted by Gasteiger charge is -2.31. The van der Waals surface area contributed by atoms with Crippen LogP contribution in [0.3, 0.4) is 0 Å². The van der Waals surface area contributed by atoms with Crippen LogP contribution < -0.4 is 11.1 Å². The quantitative estimate of drug-likeness (QED) is 0.853. The lowest BCUT2D eigenvalue weighted by atomic mass is 9.97. The second-order valence-electron chi connectivity index (χ2n) is 6.01. The third kappa shape index (κ3) is 4.53. The maximum Gasteiger partial charge on any atom is 0.221 e. The smallest absolute Gasteiger partial charge is 0.221 e. The summed E-state index contributed by atoms with van der Waals surface area (Å²) < 4.78 is 4.10. The molecule has 3 N–H and O–H groups in total. The Morgan fingerprint density at radius 2 is 2.17 bits per heavy atom. The zero-order valence-corrected chi connectivity index (χ0v) is 13.9. The summed E-state index contributed by atoms with van der Waals surface area (Å²) in [6, 6.07) is 10.5. The molecule has 122 valence electrons. The van der Waals surface area contributed by atoms with Gasteiger partial charge in [0.2, 0.25) is 5.91 Å². The zero-order valence-electron chi connectivity index (χ0n) is 13.1. The van der Waals surface area contributed by atoms with Gasteiger partial charge in [-0.1, -0.05) is 12.1 Å². The molecule has 1 aromatic heterocycles. The van der Waals surface area contributed by atoms with Crippen molar-refractivity contribution >= 4 is 23.1 Å². The van der Waals surface area contributed by atoms with Crippen molar-refractivity contribution in [3.05, 3.63) is 47.0 Å². The number of likely N-dealkylation sites (tertiary alicyclic amines) is 1. The highest BCUT2D eigenvalue weighted by atomic mass is 32.1. The number of anilines is 1. The summed E-state index contributed by atoms with van der Waals surface area (Å²) in [6.45, 7) is 3.49. The van der Waals surface area contributed by atoms with Crippen LogP contribution in [0.1, 0.15) is 23.3 Å². The second-order valence-corrected chi connectivity index (χ2v) is 6.92. The highest BCUT2D eigenvalue weighted by Crippen LogP contribution is 2.19. The third-order valence-electron chi connectivity index (χ3n) is 4.23. The fourth-order valence-electron chi connectivity index (χ4n) is 2.94.